The molecule has 0 aliphatic carbocycles. The van der Waals surface area contributed by atoms with Gasteiger partial charge in [-0.1, -0.05) is 0 Å². The lowest BCUT2D eigenvalue weighted by atomic mass is 10.1. The standard InChI is InChI=1S/C20H20N2O5/c1-25-16-8-6-14(11-15(16)22-9-3-2-4-19(22)23)21-20(24)13-5-7-17-18(10-13)27-12-26-17/h5-8,10-11H,2-4,9,12H2,1H3,(H,21,24). The summed E-state index contributed by atoms with van der Waals surface area (Å²) in [6.07, 6.45) is 2.37. The number of rotatable bonds is 4. The molecule has 7 heteroatoms. The van der Waals surface area contributed by atoms with Crippen molar-refractivity contribution < 1.29 is 23.8 Å². The SMILES string of the molecule is COc1ccc(NC(=O)c2ccc3c(c2)OCO3)cc1N1CCCCC1=O. The van der Waals surface area contributed by atoms with Crippen LogP contribution in [0.15, 0.2) is 36.4 Å². The average molecular weight is 368 g/mol. The van der Waals surface area contributed by atoms with E-state index < -0.39 is 0 Å². The Labute approximate surface area is 156 Å². The minimum Gasteiger partial charge on any atom is -0.495 e. The third-order valence-corrected chi connectivity index (χ3v) is 4.69. The third kappa shape index (κ3) is 3.40. The Balaban J connectivity index is 1.57. The molecular weight excluding hydrogens is 348 g/mol. The van der Waals surface area contributed by atoms with Crippen LogP contribution in [-0.2, 0) is 4.79 Å². The molecule has 1 saturated heterocycles. The summed E-state index contributed by atoms with van der Waals surface area (Å²) in [4.78, 5) is 26.6. The van der Waals surface area contributed by atoms with Gasteiger partial charge in [0.1, 0.15) is 5.75 Å². The zero-order chi connectivity index (χ0) is 18.8. The fourth-order valence-electron chi connectivity index (χ4n) is 3.28. The smallest absolute Gasteiger partial charge is 0.255 e. The number of piperidine rings is 1. The first-order valence-corrected chi connectivity index (χ1v) is 8.85. The molecule has 2 aliphatic heterocycles. The normalized spacial score (nSPS) is 15.6. The molecule has 0 spiro atoms. The average Bonchev–Trinajstić information content (AvgIpc) is 3.16. The predicted molar refractivity (Wildman–Crippen MR) is 99.7 cm³/mol. The molecule has 2 amide bonds. The first kappa shape index (κ1) is 17.2. The number of fused-ring (bicyclic) bond motifs is 1. The number of methoxy groups -OCH3 is 1. The molecule has 2 heterocycles. The van der Waals surface area contributed by atoms with Crippen LogP contribution < -0.4 is 24.4 Å². The van der Waals surface area contributed by atoms with Gasteiger partial charge in [-0.3, -0.25) is 9.59 Å². The van der Waals surface area contributed by atoms with Crippen molar-refractivity contribution >= 4 is 23.2 Å². The highest BCUT2D eigenvalue weighted by Gasteiger charge is 2.23. The number of nitrogens with zero attached hydrogens (tertiary/aromatic N) is 1. The molecule has 2 aromatic carbocycles. The first-order chi connectivity index (χ1) is 13.2. The Hall–Kier alpha value is -3.22. The van der Waals surface area contributed by atoms with Crippen molar-refractivity contribution in [3.05, 3.63) is 42.0 Å². The highest BCUT2D eigenvalue weighted by molar-refractivity contribution is 6.05. The number of carbonyl (C=O) groups is 2. The van der Waals surface area contributed by atoms with Gasteiger partial charge in [0.25, 0.3) is 5.91 Å². The van der Waals surface area contributed by atoms with Gasteiger partial charge < -0.3 is 24.4 Å². The van der Waals surface area contributed by atoms with E-state index in [4.69, 9.17) is 14.2 Å². The van der Waals surface area contributed by atoms with E-state index in [9.17, 15) is 9.59 Å². The number of amides is 2. The van der Waals surface area contributed by atoms with Crippen LogP contribution in [0.3, 0.4) is 0 Å². The van der Waals surface area contributed by atoms with Crippen LogP contribution in [-0.4, -0.2) is 32.3 Å². The van der Waals surface area contributed by atoms with E-state index >= 15 is 0 Å². The molecule has 2 aliphatic rings. The van der Waals surface area contributed by atoms with Crippen LogP contribution in [0.25, 0.3) is 0 Å². The summed E-state index contributed by atoms with van der Waals surface area (Å²) in [5, 5.41) is 2.87. The van der Waals surface area contributed by atoms with Crippen molar-refractivity contribution in [3.8, 4) is 17.2 Å². The van der Waals surface area contributed by atoms with Gasteiger partial charge in [0.2, 0.25) is 12.7 Å². The lowest BCUT2D eigenvalue weighted by Gasteiger charge is -2.28. The van der Waals surface area contributed by atoms with Crippen LogP contribution in [0.1, 0.15) is 29.6 Å². The maximum absolute atomic E-state index is 12.6. The van der Waals surface area contributed by atoms with Gasteiger partial charge >= 0.3 is 0 Å². The molecule has 2 aromatic rings. The number of hydrogen-bond acceptors (Lipinski definition) is 5. The van der Waals surface area contributed by atoms with Gasteiger partial charge in [-0.15, -0.1) is 0 Å². The topological polar surface area (TPSA) is 77.1 Å². The summed E-state index contributed by atoms with van der Waals surface area (Å²) in [5.41, 5.74) is 1.73. The molecule has 0 aromatic heterocycles. The Bertz CT molecular complexity index is 896. The second-order valence-electron chi connectivity index (χ2n) is 6.41. The summed E-state index contributed by atoms with van der Waals surface area (Å²) in [6.45, 7) is 0.806. The molecule has 1 fully saturated rings. The number of anilines is 2. The largest absolute Gasteiger partial charge is 0.495 e. The second kappa shape index (κ2) is 7.19. The summed E-state index contributed by atoms with van der Waals surface area (Å²) >= 11 is 0. The lowest BCUT2D eigenvalue weighted by Crippen LogP contribution is -2.35. The molecule has 27 heavy (non-hydrogen) atoms. The van der Waals surface area contributed by atoms with E-state index in [1.165, 1.54) is 0 Å². The van der Waals surface area contributed by atoms with Gasteiger partial charge in [0.05, 0.1) is 12.8 Å². The van der Waals surface area contributed by atoms with Gasteiger partial charge in [-0.2, -0.15) is 0 Å². The molecule has 0 radical (unpaired) electrons. The van der Waals surface area contributed by atoms with Crippen molar-refractivity contribution in [2.75, 3.05) is 30.7 Å². The highest BCUT2D eigenvalue weighted by Crippen LogP contribution is 2.35. The fourth-order valence-corrected chi connectivity index (χ4v) is 3.28. The number of nitrogens with one attached hydrogen (secondary N) is 1. The molecule has 0 unspecified atom stereocenters. The summed E-state index contributed by atoms with van der Waals surface area (Å²) in [5.74, 6) is 1.58. The molecule has 4 rings (SSSR count). The maximum atomic E-state index is 12.6. The van der Waals surface area contributed by atoms with E-state index in [1.807, 2.05) is 0 Å². The van der Waals surface area contributed by atoms with Crippen LogP contribution >= 0.6 is 0 Å². The van der Waals surface area contributed by atoms with Crippen molar-refractivity contribution in [2.45, 2.75) is 19.3 Å². The minimum atomic E-state index is -0.269. The predicted octanol–water partition coefficient (Wildman–Crippen LogP) is 3.19. The monoisotopic (exact) mass is 368 g/mol. The molecule has 0 saturated carbocycles. The number of carbonyl (C=O) groups excluding carboxylic acids is 2. The zero-order valence-corrected chi connectivity index (χ0v) is 15.0. The molecular formula is C20H20N2O5. The van der Waals surface area contributed by atoms with E-state index in [0.717, 1.165) is 12.8 Å². The molecule has 7 nitrogen and oxygen atoms in total. The highest BCUT2D eigenvalue weighted by atomic mass is 16.7. The molecule has 140 valence electrons. The van der Waals surface area contributed by atoms with Crippen molar-refractivity contribution in [1.82, 2.24) is 0 Å². The number of hydrogen-bond donors (Lipinski definition) is 1. The summed E-state index contributed by atoms with van der Waals surface area (Å²) < 4.78 is 16.0. The zero-order valence-electron chi connectivity index (χ0n) is 15.0. The quantitative estimate of drug-likeness (QED) is 0.897. The Kier molecular flexibility index (Phi) is 4.58. The fraction of sp³-hybridized carbons (Fsp3) is 0.300. The first-order valence-electron chi connectivity index (χ1n) is 8.85. The Morgan fingerprint density at radius 1 is 1.11 bits per heavy atom. The van der Waals surface area contributed by atoms with Crippen molar-refractivity contribution in [3.63, 3.8) is 0 Å². The summed E-state index contributed by atoms with van der Waals surface area (Å²) in [7, 11) is 1.57. The molecule has 1 N–H and O–H groups in total. The number of benzene rings is 2. The minimum absolute atomic E-state index is 0.0683. The lowest BCUT2D eigenvalue weighted by molar-refractivity contribution is -0.119. The molecule has 0 bridgehead atoms. The second-order valence-corrected chi connectivity index (χ2v) is 6.41. The van der Waals surface area contributed by atoms with Gasteiger partial charge in [-0.05, 0) is 49.2 Å². The van der Waals surface area contributed by atoms with Gasteiger partial charge in [0.15, 0.2) is 11.5 Å². The maximum Gasteiger partial charge on any atom is 0.255 e. The van der Waals surface area contributed by atoms with Gasteiger partial charge in [0, 0.05) is 24.2 Å². The summed E-state index contributed by atoms with van der Waals surface area (Å²) in [6, 6.07) is 10.3. The van der Waals surface area contributed by atoms with Crippen LogP contribution in [0, 0.1) is 0 Å². The van der Waals surface area contributed by atoms with E-state index in [2.05, 4.69) is 5.32 Å². The third-order valence-electron chi connectivity index (χ3n) is 4.69. The Morgan fingerprint density at radius 2 is 1.96 bits per heavy atom. The van der Waals surface area contributed by atoms with Crippen LogP contribution in [0.4, 0.5) is 11.4 Å². The number of ether oxygens (including phenoxy) is 3. The van der Waals surface area contributed by atoms with Crippen LogP contribution in [0.5, 0.6) is 17.2 Å². The molecule has 0 atom stereocenters. The van der Waals surface area contributed by atoms with Crippen molar-refractivity contribution in [1.29, 1.82) is 0 Å². The van der Waals surface area contributed by atoms with Crippen molar-refractivity contribution in [2.24, 2.45) is 0 Å². The van der Waals surface area contributed by atoms with E-state index in [1.54, 1.807) is 48.4 Å². The van der Waals surface area contributed by atoms with Gasteiger partial charge in [-0.25, -0.2) is 0 Å². The Morgan fingerprint density at radius 3 is 2.78 bits per heavy atom. The van der Waals surface area contributed by atoms with E-state index in [-0.39, 0.29) is 18.6 Å². The van der Waals surface area contributed by atoms with Crippen LogP contribution in [0.2, 0.25) is 0 Å². The van der Waals surface area contributed by atoms with E-state index in [0.29, 0.717) is 47.2 Å².